The van der Waals surface area contributed by atoms with Gasteiger partial charge in [-0.15, -0.1) is 0 Å². The van der Waals surface area contributed by atoms with Crippen LogP contribution >= 0.6 is 11.6 Å². The van der Waals surface area contributed by atoms with Crippen LogP contribution in [0.3, 0.4) is 0 Å². The minimum Gasteiger partial charge on any atom is -0.467 e. The monoisotopic (exact) mass is 297 g/mol. The third-order valence-corrected chi connectivity index (χ3v) is 4.12. The average Bonchev–Trinajstić information content (AvgIpc) is 2.37. The first-order chi connectivity index (χ1) is 9.53. The molecule has 0 spiro atoms. The van der Waals surface area contributed by atoms with Crippen molar-refractivity contribution >= 4 is 11.6 Å². The van der Waals surface area contributed by atoms with Crippen molar-refractivity contribution in [2.75, 3.05) is 19.9 Å². The predicted molar refractivity (Wildman–Crippen MR) is 76.9 cm³/mol. The Kier molecular flexibility index (Phi) is 3.91. The topological polar surface area (TPSA) is 41.9 Å². The van der Waals surface area contributed by atoms with E-state index in [4.69, 9.17) is 21.1 Å². The zero-order valence-corrected chi connectivity index (χ0v) is 12.4. The zero-order valence-electron chi connectivity index (χ0n) is 11.7. The van der Waals surface area contributed by atoms with Gasteiger partial charge in [0.15, 0.2) is 6.79 Å². The average molecular weight is 298 g/mol. The standard InChI is InChI=1S/C15H20ClNO3/c1-15(18)3-2-4-17(9-15)7-11-5-13(16)6-12-8-19-10-20-14(11)12/h5-6,18H,2-4,7-10H2,1H3. The van der Waals surface area contributed by atoms with Crippen LogP contribution in [0, 0.1) is 0 Å². The Hall–Kier alpha value is -0.810. The molecule has 0 saturated carbocycles. The number of β-amino-alcohol motifs (C(OH)–C–C–N with tert-alkyl or cyclic N) is 1. The van der Waals surface area contributed by atoms with Crippen LogP contribution in [-0.2, 0) is 17.9 Å². The fourth-order valence-corrected chi connectivity index (χ4v) is 3.34. The van der Waals surface area contributed by atoms with Crippen molar-refractivity contribution in [2.24, 2.45) is 0 Å². The Morgan fingerprint density at radius 2 is 2.30 bits per heavy atom. The molecule has 1 unspecified atom stereocenters. The van der Waals surface area contributed by atoms with Gasteiger partial charge in [-0.25, -0.2) is 0 Å². The van der Waals surface area contributed by atoms with Crippen LogP contribution in [0.4, 0.5) is 0 Å². The number of nitrogens with zero attached hydrogens (tertiary/aromatic N) is 1. The number of aliphatic hydroxyl groups is 1. The summed E-state index contributed by atoms with van der Waals surface area (Å²) in [6.45, 7) is 5.16. The molecule has 1 aromatic rings. The predicted octanol–water partition coefficient (Wildman–Crippen LogP) is 2.55. The molecule has 20 heavy (non-hydrogen) atoms. The summed E-state index contributed by atoms with van der Waals surface area (Å²) >= 11 is 6.18. The van der Waals surface area contributed by atoms with Crippen molar-refractivity contribution in [1.29, 1.82) is 0 Å². The fraction of sp³-hybridized carbons (Fsp3) is 0.600. The highest BCUT2D eigenvalue weighted by molar-refractivity contribution is 6.30. The van der Waals surface area contributed by atoms with Crippen molar-refractivity contribution in [3.05, 3.63) is 28.3 Å². The molecule has 0 aromatic heterocycles. The number of fused-ring (bicyclic) bond motifs is 1. The lowest BCUT2D eigenvalue weighted by atomic mass is 9.94. The summed E-state index contributed by atoms with van der Waals surface area (Å²) in [4.78, 5) is 2.26. The van der Waals surface area contributed by atoms with E-state index in [1.54, 1.807) is 0 Å². The second-order valence-corrected chi connectivity index (χ2v) is 6.41. The van der Waals surface area contributed by atoms with Crippen LogP contribution in [0.1, 0.15) is 30.9 Å². The van der Waals surface area contributed by atoms with E-state index in [9.17, 15) is 5.11 Å². The van der Waals surface area contributed by atoms with Gasteiger partial charge in [-0.1, -0.05) is 11.6 Å². The molecule has 110 valence electrons. The number of hydrogen-bond acceptors (Lipinski definition) is 4. The lowest BCUT2D eigenvalue weighted by molar-refractivity contribution is -0.0244. The maximum Gasteiger partial charge on any atom is 0.189 e. The van der Waals surface area contributed by atoms with E-state index < -0.39 is 5.60 Å². The summed E-state index contributed by atoms with van der Waals surface area (Å²) in [6.07, 6.45) is 1.88. The fourth-order valence-electron chi connectivity index (χ4n) is 3.07. The molecule has 2 aliphatic heterocycles. The van der Waals surface area contributed by atoms with Gasteiger partial charge in [-0.2, -0.15) is 0 Å². The van der Waals surface area contributed by atoms with Gasteiger partial charge in [0.2, 0.25) is 0 Å². The molecule has 1 N–H and O–H groups in total. The molecule has 4 nitrogen and oxygen atoms in total. The number of benzene rings is 1. The van der Waals surface area contributed by atoms with Crippen LogP contribution in [-0.4, -0.2) is 35.5 Å². The molecule has 0 amide bonds. The van der Waals surface area contributed by atoms with Gasteiger partial charge in [-0.3, -0.25) is 4.90 Å². The van der Waals surface area contributed by atoms with Gasteiger partial charge in [0, 0.05) is 29.2 Å². The second kappa shape index (κ2) is 5.53. The first-order valence-electron chi connectivity index (χ1n) is 7.00. The Morgan fingerprint density at radius 1 is 1.45 bits per heavy atom. The smallest absolute Gasteiger partial charge is 0.189 e. The molecule has 1 fully saturated rings. The lowest BCUT2D eigenvalue weighted by Gasteiger charge is -2.37. The number of halogens is 1. The van der Waals surface area contributed by atoms with Crippen molar-refractivity contribution in [1.82, 2.24) is 4.90 Å². The highest BCUT2D eigenvalue weighted by Crippen LogP contribution is 2.33. The van der Waals surface area contributed by atoms with Crippen molar-refractivity contribution in [3.63, 3.8) is 0 Å². The first-order valence-corrected chi connectivity index (χ1v) is 7.38. The normalized spacial score (nSPS) is 26.9. The molecule has 1 aromatic carbocycles. The maximum atomic E-state index is 10.2. The van der Waals surface area contributed by atoms with Crippen LogP contribution in [0.5, 0.6) is 5.75 Å². The van der Waals surface area contributed by atoms with Crippen molar-refractivity contribution < 1.29 is 14.6 Å². The van der Waals surface area contributed by atoms with Gasteiger partial charge in [0.25, 0.3) is 0 Å². The minimum atomic E-state index is -0.596. The number of likely N-dealkylation sites (tertiary alicyclic amines) is 1. The highest BCUT2D eigenvalue weighted by atomic mass is 35.5. The highest BCUT2D eigenvalue weighted by Gasteiger charge is 2.29. The van der Waals surface area contributed by atoms with Crippen molar-refractivity contribution in [2.45, 2.75) is 38.5 Å². The Balaban J connectivity index is 1.81. The lowest BCUT2D eigenvalue weighted by Crippen LogP contribution is -2.45. The number of piperidine rings is 1. The molecular formula is C15H20ClNO3. The van der Waals surface area contributed by atoms with E-state index in [2.05, 4.69) is 4.90 Å². The zero-order chi connectivity index (χ0) is 14.2. The Bertz CT molecular complexity index is 504. The van der Waals surface area contributed by atoms with E-state index in [1.165, 1.54) is 0 Å². The third-order valence-electron chi connectivity index (χ3n) is 3.90. The van der Waals surface area contributed by atoms with Crippen LogP contribution < -0.4 is 4.74 Å². The molecule has 0 radical (unpaired) electrons. The third kappa shape index (κ3) is 3.09. The van der Waals surface area contributed by atoms with E-state index in [0.29, 0.717) is 25.0 Å². The van der Waals surface area contributed by atoms with Crippen LogP contribution in [0.25, 0.3) is 0 Å². The molecule has 0 aliphatic carbocycles. The van der Waals surface area contributed by atoms with Gasteiger partial charge < -0.3 is 14.6 Å². The van der Waals surface area contributed by atoms with E-state index >= 15 is 0 Å². The van der Waals surface area contributed by atoms with Gasteiger partial charge in [-0.05, 0) is 38.4 Å². The van der Waals surface area contributed by atoms with E-state index in [0.717, 1.165) is 42.8 Å². The largest absolute Gasteiger partial charge is 0.467 e. The molecule has 0 bridgehead atoms. The van der Waals surface area contributed by atoms with Crippen LogP contribution in [0.2, 0.25) is 5.02 Å². The van der Waals surface area contributed by atoms with Gasteiger partial charge in [0.05, 0.1) is 12.2 Å². The van der Waals surface area contributed by atoms with Gasteiger partial charge in [0.1, 0.15) is 5.75 Å². The molecule has 3 rings (SSSR count). The molecule has 2 aliphatic rings. The second-order valence-electron chi connectivity index (χ2n) is 5.97. The van der Waals surface area contributed by atoms with E-state index in [1.807, 2.05) is 19.1 Å². The summed E-state index contributed by atoms with van der Waals surface area (Å²) in [5, 5.41) is 10.9. The maximum absolute atomic E-state index is 10.2. The quantitative estimate of drug-likeness (QED) is 0.911. The number of rotatable bonds is 2. The molecule has 5 heteroatoms. The van der Waals surface area contributed by atoms with E-state index in [-0.39, 0.29) is 0 Å². The summed E-state index contributed by atoms with van der Waals surface area (Å²) < 4.78 is 10.9. The van der Waals surface area contributed by atoms with Crippen molar-refractivity contribution in [3.8, 4) is 5.75 Å². The molecule has 2 heterocycles. The minimum absolute atomic E-state index is 0.291. The molecule has 1 atom stereocenters. The Morgan fingerprint density at radius 3 is 3.10 bits per heavy atom. The first kappa shape index (κ1) is 14.1. The van der Waals surface area contributed by atoms with Crippen LogP contribution in [0.15, 0.2) is 12.1 Å². The Labute approximate surface area is 124 Å². The summed E-state index contributed by atoms with van der Waals surface area (Å²) in [7, 11) is 0. The summed E-state index contributed by atoms with van der Waals surface area (Å²) in [6, 6.07) is 3.85. The summed E-state index contributed by atoms with van der Waals surface area (Å²) in [5.74, 6) is 0.894. The summed E-state index contributed by atoms with van der Waals surface area (Å²) in [5.41, 5.74) is 1.48. The SMILES string of the molecule is CC1(O)CCCN(Cc2cc(Cl)cc3c2OCOC3)C1. The molecular weight excluding hydrogens is 278 g/mol. The number of hydrogen-bond donors (Lipinski definition) is 1. The van der Waals surface area contributed by atoms with Gasteiger partial charge >= 0.3 is 0 Å². The number of ether oxygens (including phenoxy) is 2. The molecule has 1 saturated heterocycles.